The molecule has 3 heteroatoms. The molecule has 112 valence electrons. The lowest BCUT2D eigenvalue weighted by atomic mass is 9.85. The van der Waals surface area contributed by atoms with Crippen LogP contribution in [0, 0.1) is 11.3 Å². The molecule has 1 aliphatic heterocycles. The fraction of sp³-hybridized carbons (Fsp3) is 0.316. The number of benzene rings is 2. The van der Waals surface area contributed by atoms with Gasteiger partial charge in [0.15, 0.2) is 0 Å². The molecule has 22 heavy (non-hydrogen) atoms. The minimum atomic E-state index is -0.607. The lowest BCUT2D eigenvalue weighted by molar-refractivity contribution is 0.0165. The first-order valence-electron chi connectivity index (χ1n) is 7.70. The second-order valence-corrected chi connectivity index (χ2v) is 6.03. The average Bonchev–Trinajstić information content (AvgIpc) is 2.56. The van der Waals surface area contributed by atoms with Crippen LogP contribution in [0.3, 0.4) is 0 Å². The van der Waals surface area contributed by atoms with Gasteiger partial charge in [0.1, 0.15) is 0 Å². The number of nitriles is 1. The molecule has 0 saturated carbocycles. The minimum absolute atomic E-state index is 0.607. The highest BCUT2D eigenvalue weighted by molar-refractivity contribution is 5.50. The second-order valence-electron chi connectivity index (χ2n) is 6.03. The Morgan fingerprint density at radius 3 is 2.23 bits per heavy atom. The number of hydrogen-bond donors (Lipinski definition) is 1. The molecule has 1 saturated heterocycles. The fourth-order valence-electron chi connectivity index (χ4n) is 3.08. The Balaban J connectivity index is 1.63. The Morgan fingerprint density at radius 1 is 1.00 bits per heavy atom. The van der Waals surface area contributed by atoms with Crippen LogP contribution in [0.1, 0.15) is 24.0 Å². The van der Waals surface area contributed by atoms with Crippen LogP contribution in [0.5, 0.6) is 0 Å². The van der Waals surface area contributed by atoms with Gasteiger partial charge in [-0.1, -0.05) is 30.3 Å². The van der Waals surface area contributed by atoms with Crippen LogP contribution in [0.15, 0.2) is 54.6 Å². The van der Waals surface area contributed by atoms with Crippen LogP contribution >= 0.6 is 0 Å². The summed E-state index contributed by atoms with van der Waals surface area (Å²) < 4.78 is 0. The van der Waals surface area contributed by atoms with Gasteiger partial charge >= 0.3 is 0 Å². The van der Waals surface area contributed by atoms with Crippen molar-refractivity contribution in [1.82, 2.24) is 0 Å². The van der Waals surface area contributed by atoms with E-state index in [9.17, 15) is 5.11 Å². The molecule has 3 nitrogen and oxygen atoms in total. The van der Waals surface area contributed by atoms with E-state index in [1.54, 1.807) is 0 Å². The van der Waals surface area contributed by atoms with Crippen molar-refractivity contribution in [3.05, 3.63) is 65.7 Å². The van der Waals surface area contributed by atoms with Crippen LogP contribution in [-0.4, -0.2) is 23.8 Å². The van der Waals surface area contributed by atoms with Gasteiger partial charge in [-0.15, -0.1) is 0 Å². The summed E-state index contributed by atoms with van der Waals surface area (Å²) >= 11 is 0. The van der Waals surface area contributed by atoms with Gasteiger partial charge in [0.05, 0.1) is 17.2 Å². The summed E-state index contributed by atoms with van der Waals surface area (Å²) in [5.74, 6) is 0. The van der Waals surface area contributed by atoms with E-state index in [-0.39, 0.29) is 0 Å². The first kappa shape index (κ1) is 14.6. The topological polar surface area (TPSA) is 47.3 Å². The number of aliphatic hydroxyl groups is 1. The Kier molecular flexibility index (Phi) is 4.13. The summed E-state index contributed by atoms with van der Waals surface area (Å²) in [6, 6.07) is 20.0. The van der Waals surface area contributed by atoms with E-state index >= 15 is 0 Å². The zero-order valence-corrected chi connectivity index (χ0v) is 12.6. The SMILES string of the molecule is N#Cc1ccc(N2CCC(O)(Cc3ccccc3)CC2)cc1. The monoisotopic (exact) mass is 292 g/mol. The van der Waals surface area contributed by atoms with Gasteiger partial charge in [0, 0.05) is 25.2 Å². The van der Waals surface area contributed by atoms with E-state index in [1.807, 2.05) is 42.5 Å². The minimum Gasteiger partial charge on any atom is -0.389 e. The zero-order chi connectivity index (χ0) is 15.4. The van der Waals surface area contributed by atoms with Gasteiger partial charge in [0.25, 0.3) is 0 Å². The molecule has 2 aromatic rings. The van der Waals surface area contributed by atoms with Gasteiger partial charge in [-0.3, -0.25) is 0 Å². The Labute approximate surface area is 131 Å². The summed E-state index contributed by atoms with van der Waals surface area (Å²) in [7, 11) is 0. The van der Waals surface area contributed by atoms with Crippen LogP contribution in [0.4, 0.5) is 5.69 Å². The summed E-state index contributed by atoms with van der Waals surface area (Å²) in [5.41, 5.74) is 2.39. The third-order valence-electron chi connectivity index (χ3n) is 4.43. The molecule has 1 heterocycles. The van der Waals surface area contributed by atoms with E-state index in [0.717, 1.165) is 38.0 Å². The predicted molar refractivity (Wildman–Crippen MR) is 87.7 cm³/mol. The van der Waals surface area contributed by atoms with E-state index in [1.165, 1.54) is 5.56 Å². The first-order chi connectivity index (χ1) is 10.7. The van der Waals surface area contributed by atoms with Crippen molar-refractivity contribution in [3.8, 4) is 6.07 Å². The molecule has 2 aromatic carbocycles. The molecular weight excluding hydrogens is 272 g/mol. The third-order valence-corrected chi connectivity index (χ3v) is 4.43. The Bertz CT molecular complexity index is 650. The number of nitrogens with zero attached hydrogens (tertiary/aromatic N) is 2. The number of rotatable bonds is 3. The van der Waals surface area contributed by atoms with Crippen LogP contribution < -0.4 is 4.90 Å². The molecule has 0 radical (unpaired) electrons. The number of hydrogen-bond acceptors (Lipinski definition) is 3. The second kappa shape index (κ2) is 6.21. The molecule has 1 fully saturated rings. The first-order valence-corrected chi connectivity index (χ1v) is 7.70. The van der Waals surface area contributed by atoms with E-state index in [2.05, 4.69) is 23.1 Å². The fourth-order valence-corrected chi connectivity index (χ4v) is 3.08. The van der Waals surface area contributed by atoms with Crippen molar-refractivity contribution in [3.63, 3.8) is 0 Å². The largest absolute Gasteiger partial charge is 0.389 e. The average molecular weight is 292 g/mol. The smallest absolute Gasteiger partial charge is 0.0991 e. The van der Waals surface area contributed by atoms with Crippen molar-refractivity contribution in [2.24, 2.45) is 0 Å². The maximum atomic E-state index is 10.8. The molecule has 0 unspecified atom stereocenters. The van der Waals surface area contributed by atoms with Crippen molar-refractivity contribution in [2.45, 2.75) is 24.9 Å². The Hall–Kier alpha value is -2.31. The van der Waals surface area contributed by atoms with Gasteiger partial charge in [-0.25, -0.2) is 0 Å². The van der Waals surface area contributed by atoms with Gasteiger partial charge in [-0.2, -0.15) is 5.26 Å². The third kappa shape index (κ3) is 3.29. The van der Waals surface area contributed by atoms with E-state index in [4.69, 9.17) is 5.26 Å². The van der Waals surface area contributed by atoms with Crippen LogP contribution in [-0.2, 0) is 6.42 Å². The maximum Gasteiger partial charge on any atom is 0.0991 e. The molecule has 1 aliphatic rings. The Morgan fingerprint density at radius 2 is 1.64 bits per heavy atom. The van der Waals surface area contributed by atoms with E-state index < -0.39 is 5.60 Å². The highest BCUT2D eigenvalue weighted by Gasteiger charge is 2.32. The molecule has 0 spiro atoms. The van der Waals surface area contributed by atoms with Crippen molar-refractivity contribution >= 4 is 5.69 Å². The normalized spacial score (nSPS) is 17.0. The van der Waals surface area contributed by atoms with Gasteiger partial charge < -0.3 is 10.0 Å². The highest BCUT2D eigenvalue weighted by atomic mass is 16.3. The predicted octanol–water partition coefficient (Wildman–Crippen LogP) is 3.13. The number of piperidine rings is 1. The molecule has 3 rings (SSSR count). The molecule has 1 N–H and O–H groups in total. The molecule has 0 bridgehead atoms. The van der Waals surface area contributed by atoms with Crippen molar-refractivity contribution in [1.29, 1.82) is 5.26 Å². The van der Waals surface area contributed by atoms with Crippen molar-refractivity contribution in [2.75, 3.05) is 18.0 Å². The molecule has 0 aromatic heterocycles. The quantitative estimate of drug-likeness (QED) is 0.945. The van der Waals surface area contributed by atoms with Crippen LogP contribution in [0.25, 0.3) is 0 Å². The lowest BCUT2D eigenvalue weighted by Crippen LogP contribution is -2.45. The zero-order valence-electron chi connectivity index (χ0n) is 12.6. The molecule has 0 aliphatic carbocycles. The lowest BCUT2D eigenvalue weighted by Gasteiger charge is -2.39. The van der Waals surface area contributed by atoms with Crippen LogP contribution in [0.2, 0.25) is 0 Å². The summed E-state index contributed by atoms with van der Waals surface area (Å²) in [6.45, 7) is 1.68. The number of anilines is 1. The molecule has 0 amide bonds. The summed E-state index contributed by atoms with van der Waals surface area (Å²) in [6.07, 6.45) is 2.25. The van der Waals surface area contributed by atoms with E-state index in [0.29, 0.717) is 5.56 Å². The molecular formula is C19H20N2O. The van der Waals surface area contributed by atoms with Gasteiger partial charge in [0.2, 0.25) is 0 Å². The van der Waals surface area contributed by atoms with Gasteiger partial charge in [-0.05, 0) is 42.7 Å². The summed E-state index contributed by atoms with van der Waals surface area (Å²) in [4.78, 5) is 2.28. The maximum absolute atomic E-state index is 10.8. The summed E-state index contributed by atoms with van der Waals surface area (Å²) in [5, 5.41) is 19.7. The van der Waals surface area contributed by atoms with Crippen molar-refractivity contribution < 1.29 is 5.11 Å². The molecule has 0 atom stereocenters. The highest BCUT2D eigenvalue weighted by Crippen LogP contribution is 2.29. The standard InChI is InChI=1S/C19H20N2O/c20-15-17-6-8-18(9-7-17)21-12-10-19(22,11-13-21)14-16-4-2-1-3-5-16/h1-9,22H,10-14H2.